The van der Waals surface area contributed by atoms with Gasteiger partial charge in [-0.3, -0.25) is 0 Å². The van der Waals surface area contributed by atoms with Gasteiger partial charge < -0.3 is 5.11 Å². The van der Waals surface area contributed by atoms with Gasteiger partial charge >= 0.3 is 0 Å². The average Bonchev–Trinajstić information content (AvgIpc) is 2.71. The molecule has 0 amide bonds. The van der Waals surface area contributed by atoms with Gasteiger partial charge in [-0.15, -0.1) is 0 Å². The molecule has 30 heavy (non-hydrogen) atoms. The number of rotatable bonds is 7. The highest BCUT2D eigenvalue weighted by atomic mass is 32.2. The first-order valence-electron chi connectivity index (χ1n) is 10.1. The molecule has 0 aliphatic heterocycles. The van der Waals surface area contributed by atoms with Crippen LogP contribution in [0.2, 0.25) is 0 Å². The molecule has 2 atom stereocenters. The van der Waals surface area contributed by atoms with E-state index in [-0.39, 0.29) is 6.54 Å². The first kappa shape index (κ1) is 22.2. The van der Waals surface area contributed by atoms with Crippen LogP contribution in [0.4, 0.5) is 0 Å². The predicted molar refractivity (Wildman–Crippen MR) is 121 cm³/mol. The number of hydrogen-bond donors (Lipinski definition) is 1. The molecule has 4 nitrogen and oxygen atoms in total. The lowest BCUT2D eigenvalue weighted by molar-refractivity contribution is 0.0960. The monoisotopic (exact) mass is 423 g/mol. The van der Waals surface area contributed by atoms with E-state index in [0.717, 1.165) is 11.1 Å². The van der Waals surface area contributed by atoms with Crippen molar-refractivity contribution >= 4 is 10.0 Å². The lowest BCUT2D eigenvalue weighted by Crippen LogP contribution is -2.42. The van der Waals surface area contributed by atoms with Crippen LogP contribution in [-0.4, -0.2) is 23.9 Å². The predicted octanol–water partition coefficient (Wildman–Crippen LogP) is 4.92. The van der Waals surface area contributed by atoms with Crippen molar-refractivity contribution in [1.29, 1.82) is 0 Å². The lowest BCUT2D eigenvalue weighted by Gasteiger charge is -2.33. The van der Waals surface area contributed by atoms with Crippen LogP contribution in [0.25, 0.3) is 0 Å². The Balaban J connectivity index is 2.09. The van der Waals surface area contributed by atoms with E-state index < -0.39 is 22.2 Å². The molecule has 0 bridgehead atoms. The summed E-state index contributed by atoms with van der Waals surface area (Å²) in [4.78, 5) is 0.316. The second-order valence-electron chi connectivity index (χ2n) is 7.86. The number of aliphatic hydroxyl groups excluding tert-OH is 1. The molecule has 1 N–H and O–H groups in total. The molecule has 0 aromatic heterocycles. The number of aryl methyl sites for hydroxylation is 3. The molecule has 5 heteroatoms. The van der Waals surface area contributed by atoms with E-state index in [2.05, 4.69) is 0 Å². The summed E-state index contributed by atoms with van der Waals surface area (Å²) < 4.78 is 29.2. The highest BCUT2D eigenvalue weighted by Gasteiger charge is 2.35. The Morgan fingerprint density at radius 3 is 1.90 bits per heavy atom. The maximum absolute atomic E-state index is 13.9. The van der Waals surface area contributed by atoms with Crippen molar-refractivity contribution in [2.75, 3.05) is 0 Å². The van der Waals surface area contributed by atoms with Gasteiger partial charge in [0.25, 0.3) is 0 Å². The zero-order valence-corrected chi connectivity index (χ0v) is 18.7. The minimum absolute atomic E-state index is 0.182. The van der Waals surface area contributed by atoms with Crippen LogP contribution in [0.5, 0.6) is 0 Å². The fourth-order valence-corrected chi connectivity index (χ4v) is 6.03. The molecular weight excluding hydrogens is 394 g/mol. The molecule has 0 radical (unpaired) electrons. The number of benzene rings is 3. The van der Waals surface area contributed by atoms with Gasteiger partial charge in [0, 0.05) is 6.54 Å². The Morgan fingerprint density at radius 1 is 0.867 bits per heavy atom. The third-order valence-corrected chi connectivity index (χ3v) is 7.64. The standard InChI is InChI=1S/C25H29NO3S/c1-18-15-19(2)25(20(3)16-18)30(28,29)26(17-22-11-7-5-8-12-22)21(4)24(27)23-13-9-6-10-14-23/h5-16,21,24,27H,17H2,1-4H3/t21-,24+/m0/s1. The Morgan fingerprint density at radius 2 is 1.37 bits per heavy atom. The normalized spacial score (nSPS) is 13.9. The highest BCUT2D eigenvalue weighted by molar-refractivity contribution is 7.89. The van der Waals surface area contributed by atoms with Gasteiger partial charge in [0.05, 0.1) is 17.0 Å². The molecule has 0 aliphatic rings. The maximum atomic E-state index is 13.9. The van der Waals surface area contributed by atoms with E-state index in [0.29, 0.717) is 21.6 Å². The summed E-state index contributed by atoms with van der Waals surface area (Å²) in [6, 6.07) is 21.8. The second-order valence-corrected chi connectivity index (χ2v) is 9.69. The minimum atomic E-state index is -3.86. The van der Waals surface area contributed by atoms with Gasteiger partial charge in [-0.05, 0) is 49.9 Å². The largest absolute Gasteiger partial charge is 0.387 e. The van der Waals surface area contributed by atoms with E-state index in [1.54, 1.807) is 6.92 Å². The van der Waals surface area contributed by atoms with E-state index in [4.69, 9.17) is 0 Å². The third kappa shape index (κ3) is 4.64. The number of hydrogen-bond acceptors (Lipinski definition) is 3. The molecule has 0 spiro atoms. The lowest BCUT2D eigenvalue weighted by atomic mass is 10.0. The molecular formula is C25H29NO3S. The second kappa shape index (κ2) is 9.13. The van der Waals surface area contributed by atoms with Crippen LogP contribution in [0, 0.1) is 20.8 Å². The van der Waals surface area contributed by atoms with Crippen molar-refractivity contribution in [3.05, 3.63) is 101 Å². The van der Waals surface area contributed by atoms with Crippen LogP contribution >= 0.6 is 0 Å². The van der Waals surface area contributed by atoms with E-state index in [1.165, 1.54) is 4.31 Å². The molecule has 3 rings (SSSR count). The molecule has 0 heterocycles. The van der Waals surface area contributed by atoms with Crippen molar-refractivity contribution in [3.63, 3.8) is 0 Å². The fourth-order valence-electron chi connectivity index (χ4n) is 3.99. The van der Waals surface area contributed by atoms with Crippen LogP contribution in [0.3, 0.4) is 0 Å². The van der Waals surface area contributed by atoms with Gasteiger partial charge in [-0.25, -0.2) is 8.42 Å². The summed E-state index contributed by atoms with van der Waals surface area (Å²) in [5.41, 5.74) is 4.01. The first-order chi connectivity index (χ1) is 14.2. The molecule has 0 saturated carbocycles. The molecule has 3 aromatic rings. The summed E-state index contributed by atoms with van der Waals surface area (Å²) in [7, 11) is -3.86. The summed E-state index contributed by atoms with van der Waals surface area (Å²) in [6.45, 7) is 7.55. The number of nitrogens with zero attached hydrogens (tertiary/aromatic N) is 1. The Bertz CT molecular complexity index is 1070. The van der Waals surface area contributed by atoms with Gasteiger partial charge in [0.15, 0.2) is 0 Å². The fraction of sp³-hybridized carbons (Fsp3) is 0.280. The first-order valence-corrected chi connectivity index (χ1v) is 11.5. The van der Waals surface area contributed by atoms with Crippen molar-refractivity contribution in [1.82, 2.24) is 4.31 Å². The quantitative estimate of drug-likeness (QED) is 0.586. The van der Waals surface area contributed by atoms with Crippen molar-refractivity contribution in [2.24, 2.45) is 0 Å². The third-order valence-electron chi connectivity index (χ3n) is 5.40. The average molecular weight is 424 g/mol. The van der Waals surface area contributed by atoms with Gasteiger partial charge in [-0.1, -0.05) is 78.4 Å². The highest BCUT2D eigenvalue weighted by Crippen LogP contribution is 2.31. The summed E-state index contributed by atoms with van der Waals surface area (Å²) in [5, 5.41) is 11.0. The van der Waals surface area contributed by atoms with Crippen LogP contribution in [0.15, 0.2) is 77.7 Å². The van der Waals surface area contributed by atoms with Gasteiger partial charge in [0.2, 0.25) is 10.0 Å². The van der Waals surface area contributed by atoms with Gasteiger partial charge in [-0.2, -0.15) is 4.31 Å². The smallest absolute Gasteiger partial charge is 0.244 e. The molecule has 0 unspecified atom stereocenters. The van der Waals surface area contributed by atoms with E-state index in [1.807, 2.05) is 93.6 Å². The molecule has 0 aliphatic carbocycles. The number of sulfonamides is 1. The number of aliphatic hydroxyl groups is 1. The van der Waals surface area contributed by atoms with Crippen LogP contribution in [-0.2, 0) is 16.6 Å². The van der Waals surface area contributed by atoms with Crippen LogP contribution < -0.4 is 0 Å². The van der Waals surface area contributed by atoms with Crippen molar-refractivity contribution in [2.45, 2.75) is 51.3 Å². The Hall–Kier alpha value is -2.47. The minimum Gasteiger partial charge on any atom is -0.387 e. The summed E-state index contributed by atoms with van der Waals surface area (Å²) in [5.74, 6) is 0. The summed E-state index contributed by atoms with van der Waals surface area (Å²) >= 11 is 0. The molecule has 3 aromatic carbocycles. The van der Waals surface area contributed by atoms with Gasteiger partial charge in [0.1, 0.15) is 0 Å². The Kier molecular flexibility index (Phi) is 6.76. The molecule has 158 valence electrons. The molecule has 0 saturated heterocycles. The topological polar surface area (TPSA) is 57.6 Å². The molecule has 0 fully saturated rings. The summed E-state index contributed by atoms with van der Waals surface area (Å²) in [6.07, 6.45) is -0.948. The Labute approximate surface area is 179 Å². The van der Waals surface area contributed by atoms with Crippen molar-refractivity contribution < 1.29 is 13.5 Å². The van der Waals surface area contributed by atoms with E-state index in [9.17, 15) is 13.5 Å². The zero-order chi connectivity index (χ0) is 21.9. The maximum Gasteiger partial charge on any atom is 0.244 e. The van der Waals surface area contributed by atoms with Crippen molar-refractivity contribution in [3.8, 4) is 0 Å². The van der Waals surface area contributed by atoms with E-state index >= 15 is 0 Å². The van der Waals surface area contributed by atoms with Crippen LogP contribution in [0.1, 0.15) is 40.8 Å². The SMILES string of the molecule is Cc1cc(C)c(S(=O)(=O)N(Cc2ccccc2)[C@@H](C)[C@@H](O)c2ccccc2)c(C)c1. The zero-order valence-electron chi connectivity index (χ0n) is 17.9.